The fourth-order valence-corrected chi connectivity index (χ4v) is 2.88. The van der Waals surface area contributed by atoms with Crippen LogP contribution >= 0.6 is 0 Å². The highest BCUT2D eigenvalue weighted by Crippen LogP contribution is 2.15. The van der Waals surface area contributed by atoms with E-state index < -0.39 is 0 Å². The molecule has 0 fully saturated rings. The zero-order valence-electron chi connectivity index (χ0n) is 15.3. The van der Waals surface area contributed by atoms with E-state index >= 15 is 0 Å². The molecule has 0 saturated carbocycles. The third-order valence-corrected chi connectivity index (χ3v) is 4.35. The summed E-state index contributed by atoms with van der Waals surface area (Å²) in [5.74, 6) is 6.29. The van der Waals surface area contributed by atoms with Crippen LogP contribution < -0.4 is 11.1 Å². The number of carbonyl (C=O) groups is 1. The van der Waals surface area contributed by atoms with Crippen LogP contribution in [-0.2, 0) is 0 Å². The molecule has 27 heavy (non-hydrogen) atoms. The summed E-state index contributed by atoms with van der Waals surface area (Å²) in [7, 11) is 0. The molecule has 5 nitrogen and oxygen atoms in total. The van der Waals surface area contributed by atoms with Crippen molar-refractivity contribution in [3.8, 4) is 11.8 Å². The van der Waals surface area contributed by atoms with Crippen molar-refractivity contribution in [2.24, 2.45) is 5.73 Å². The van der Waals surface area contributed by atoms with Gasteiger partial charge in [0.2, 0.25) is 0 Å². The second-order valence-electron chi connectivity index (χ2n) is 6.36. The van der Waals surface area contributed by atoms with Crippen LogP contribution in [0.25, 0.3) is 0 Å². The Morgan fingerprint density at radius 2 is 2.00 bits per heavy atom. The lowest BCUT2D eigenvalue weighted by Crippen LogP contribution is -2.28. The van der Waals surface area contributed by atoms with Crippen molar-refractivity contribution in [1.29, 1.82) is 5.41 Å². The molecule has 0 aromatic heterocycles. The number of amides is 1. The Balaban J connectivity index is 1.62. The summed E-state index contributed by atoms with van der Waals surface area (Å²) in [6.45, 7) is 3.76. The van der Waals surface area contributed by atoms with Gasteiger partial charge in [-0.3, -0.25) is 10.2 Å². The number of aryl methyl sites for hydroxylation is 1. The highest BCUT2D eigenvalue weighted by Gasteiger charge is 2.17. The van der Waals surface area contributed by atoms with Crippen LogP contribution in [0.1, 0.15) is 27.0 Å². The van der Waals surface area contributed by atoms with Gasteiger partial charge < -0.3 is 16.0 Å². The van der Waals surface area contributed by atoms with Crippen LogP contribution in [0.3, 0.4) is 0 Å². The van der Waals surface area contributed by atoms with Crippen LogP contribution in [0, 0.1) is 24.2 Å². The Kier molecular flexibility index (Phi) is 5.58. The molecule has 136 valence electrons. The van der Waals surface area contributed by atoms with E-state index in [2.05, 4.69) is 17.2 Å². The molecule has 0 bridgehead atoms. The fraction of sp³-hybridized carbons (Fsp3) is 0.182. The molecule has 0 unspecified atom stereocenters. The Morgan fingerprint density at radius 1 is 1.22 bits per heavy atom. The molecule has 3 rings (SSSR count). The largest absolute Gasteiger partial charge is 0.384 e. The highest BCUT2D eigenvalue weighted by atomic mass is 16.2. The maximum atomic E-state index is 12.5. The molecule has 1 aliphatic rings. The molecule has 0 spiro atoms. The van der Waals surface area contributed by atoms with Gasteiger partial charge in [-0.15, -0.1) is 0 Å². The first kappa shape index (κ1) is 18.3. The van der Waals surface area contributed by atoms with Crippen molar-refractivity contribution in [1.82, 2.24) is 4.90 Å². The number of amidine groups is 1. The van der Waals surface area contributed by atoms with Crippen molar-refractivity contribution in [3.05, 3.63) is 76.9 Å². The molecule has 1 aliphatic heterocycles. The molecule has 5 heteroatoms. The van der Waals surface area contributed by atoms with Crippen molar-refractivity contribution in [3.63, 3.8) is 0 Å². The molecule has 0 saturated heterocycles. The smallest absolute Gasteiger partial charge is 0.254 e. The summed E-state index contributed by atoms with van der Waals surface area (Å²) in [4.78, 5) is 14.3. The SMILES string of the molecule is Cc1cc(C#CCNc2cccc(C(=N)N)c2)ccc1C(=O)N1CC=CC1. The topological polar surface area (TPSA) is 82.2 Å². The third-order valence-electron chi connectivity index (χ3n) is 4.35. The summed E-state index contributed by atoms with van der Waals surface area (Å²) < 4.78 is 0. The number of hydrogen-bond donors (Lipinski definition) is 3. The maximum Gasteiger partial charge on any atom is 0.254 e. The second-order valence-corrected chi connectivity index (χ2v) is 6.36. The predicted molar refractivity (Wildman–Crippen MR) is 109 cm³/mol. The number of nitrogen functional groups attached to an aromatic ring is 1. The summed E-state index contributed by atoms with van der Waals surface area (Å²) in [5, 5.41) is 10.7. The molecule has 1 heterocycles. The average Bonchev–Trinajstić information content (AvgIpc) is 3.20. The molecule has 2 aromatic rings. The van der Waals surface area contributed by atoms with E-state index in [0.717, 1.165) is 22.4 Å². The Bertz CT molecular complexity index is 958. The van der Waals surface area contributed by atoms with Gasteiger partial charge in [0.05, 0.1) is 6.54 Å². The summed E-state index contributed by atoms with van der Waals surface area (Å²) in [6.07, 6.45) is 4.01. The van der Waals surface area contributed by atoms with E-state index in [1.54, 1.807) is 6.07 Å². The van der Waals surface area contributed by atoms with Gasteiger partial charge in [0.15, 0.2) is 0 Å². The molecule has 2 aromatic carbocycles. The summed E-state index contributed by atoms with van der Waals surface area (Å²) >= 11 is 0. The van der Waals surface area contributed by atoms with Crippen LogP contribution in [0.15, 0.2) is 54.6 Å². The zero-order chi connectivity index (χ0) is 19.2. The van der Waals surface area contributed by atoms with Gasteiger partial charge in [0, 0.05) is 35.5 Å². The van der Waals surface area contributed by atoms with E-state index in [0.29, 0.717) is 25.2 Å². The summed E-state index contributed by atoms with van der Waals surface area (Å²) in [6, 6.07) is 13.1. The summed E-state index contributed by atoms with van der Waals surface area (Å²) in [5.41, 5.74) is 9.58. The molecule has 0 radical (unpaired) electrons. The molecule has 0 atom stereocenters. The molecule has 0 aliphatic carbocycles. The molecular weight excluding hydrogens is 336 g/mol. The number of benzene rings is 2. The van der Waals surface area contributed by atoms with Gasteiger partial charge in [-0.1, -0.05) is 36.1 Å². The second kappa shape index (κ2) is 8.24. The lowest BCUT2D eigenvalue weighted by atomic mass is 10.0. The van der Waals surface area contributed by atoms with E-state index in [1.807, 2.05) is 60.4 Å². The molecule has 1 amide bonds. The van der Waals surface area contributed by atoms with Crippen molar-refractivity contribution >= 4 is 17.4 Å². The van der Waals surface area contributed by atoms with Gasteiger partial charge in [-0.05, 0) is 42.8 Å². The van der Waals surface area contributed by atoms with Gasteiger partial charge >= 0.3 is 0 Å². The predicted octanol–water partition coefficient (Wildman–Crippen LogP) is 2.75. The standard InChI is InChI=1S/C22H22N4O/c1-16-14-17(9-10-20(16)22(27)26-12-2-3-13-26)6-5-11-25-19-8-4-7-18(15-19)21(23)24/h2-4,7-10,14-15,25H,11-13H2,1H3,(H3,23,24). The maximum absolute atomic E-state index is 12.5. The van der Waals surface area contributed by atoms with Gasteiger partial charge in [0.1, 0.15) is 5.84 Å². The van der Waals surface area contributed by atoms with Crippen molar-refractivity contribution in [2.75, 3.05) is 25.0 Å². The number of nitrogens with zero attached hydrogens (tertiary/aromatic N) is 1. The highest BCUT2D eigenvalue weighted by molar-refractivity contribution is 5.96. The fourth-order valence-electron chi connectivity index (χ4n) is 2.88. The lowest BCUT2D eigenvalue weighted by Gasteiger charge is -2.16. The Morgan fingerprint density at radius 3 is 2.70 bits per heavy atom. The first-order valence-electron chi connectivity index (χ1n) is 8.77. The monoisotopic (exact) mass is 358 g/mol. The number of anilines is 1. The third kappa shape index (κ3) is 4.56. The number of nitrogens with one attached hydrogen (secondary N) is 2. The van der Waals surface area contributed by atoms with E-state index in [4.69, 9.17) is 11.1 Å². The average molecular weight is 358 g/mol. The minimum atomic E-state index is 0.0413. The van der Waals surface area contributed by atoms with Gasteiger partial charge in [-0.25, -0.2) is 0 Å². The zero-order valence-corrected chi connectivity index (χ0v) is 15.3. The van der Waals surface area contributed by atoms with Gasteiger partial charge in [-0.2, -0.15) is 0 Å². The van der Waals surface area contributed by atoms with Crippen molar-refractivity contribution < 1.29 is 4.79 Å². The Labute approximate surface area is 159 Å². The minimum Gasteiger partial charge on any atom is -0.384 e. The number of nitrogens with two attached hydrogens (primary N) is 1. The quantitative estimate of drug-likeness (QED) is 0.340. The number of hydrogen-bond acceptors (Lipinski definition) is 3. The van der Waals surface area contributed by atoms with Crippen molar-refractivity contribution in [2.45, 2.75) is 6.92 Å². The van der Waals surface area contributed by atoms with Crippen LogP contribution in [0.5, 0.6) is 0 Å². The van der Waals surface area contributed by atoms with E-state index in [1.165, 1.54) is 0 Å². The van der Waals surface area contributed by atoms with Crippen LogP contribution in [0.2, 0.25) is 0 Å². The first-order valence-corrected chi connectivity index (χ1v) is 8.77. The minimum absolute atomic E-state index is 0.0413. The van der Waals surface area contributed by atoms with Crippen LogP contribution in [-0.4, -0.2) is 36.3 Å². The number of rotatable bonds is 4. The molecular formula is C22H22N4O. The van der Waals surface area contributed by atoms with Crippen LogP contribution in [0.4, 0.5) is 5.69 Å². The molecule has 4 N–H and O–H groups in total. The lowest BCUT2D eigenvalue weighted by molar-refractivity contribution is 0.0799. The normalized spacial score (nSPS) is 12.4. The van der Waals surface area contributed by atoms with Gasteiger partial charge in [0.25, 0.3) is 5.91 Å². The number of carbonyl (C=O) groups excluding carboxylic acids is 1. The first-order chi connectivity index (χ1) is 13.0. The van der Waals surface area contributed by atoms with E-state index in [-0.39, 0.29) is 11.7 Å². The Hall–Kier alpha value is -3.52. The van der Waals surface area contributed by atoms with E-state index in [9.17, 15) is 4.79 Å².